The summed E-state index contributed by atoms with van der Waals surface area (Å²) in [4.78, 5) is 2.99. The molecule has 0 aromatic carbocycles. The van der Waals surface area contributed by atoms with Gasteiger partial charge >= 0.3 is 0 Å². The molecule has 0 amide bonds. The summed E-state index contributed by atoms with van der Waals surface area (Å²) in [5.74, 6) is 0. The van der Waals surface area contributed by atoms with E-state index in [1.807, 2.05) is 0 Å². The Balaban J connectivity index is 2.98. The Hall–Kier alpha value is -0.330. The minimum atomic E-state index is -3.41. The Bertz CT molecular complexity index is 417. The summed E-state index contributed by atoms with van der Waals surface area (Å²) >= 11 is 3.16. The summed E-state index contributed by atoms with van der Waals surface area (Å²) in [6, 6.07) is 1.52. The lowest BCUT2D eigenvalue weighted by molar-refractivity contribution is 0.491. The molecule has 0 aliphatic carbocycles. The molecular formula is C8H13BrN2O2S. The normalized spacial score (nSPS) is 13.1. The van der Waals surface area contributed by atoms with E-state index in [4.69, 9.17) is 0 Å². The Morgan fingerprint density at radius 1 is 1.43 bits per heavy atom. The number of H-pyrrole nitrogens is 1. The molecule has 2 N–H and O–H groups in total. The van der Waals surface area contributed by atoms with Crippen LogP contribution in [0.25, 0.3) is 0 Å². The van der Waals surface area contributed by atoms with Crippen LogP contribution < -0.4 is 4.72 Å². The van der Waals surface area contributed by atoms with E-state index in [1.165, 1.54) is 12.3 Å². The molecule has 0 spiro atoms. The summed E-state index contributed by atoms with van der Waals surface area (Å²) in [5.41, 5.74) is -0.470. The van der Waals surface area contributed by atoms with E-state index in [-0.39, 0.29) is 4.90 Å². The molecule has 6 heteroatoms. The quantitative estimate of drug-likeness (QED) is 0.869. The predicted molar refractivity (Wildman–Crippen MR) is 58.6 cm³/mol. The van der Waals surface area contributed by atoms with Crippen molar-refractivity contribution in [2.24, 2.45) is 0 Å². The third-order valence-corrected chi connectivity index (χ3v) is 3.57. The highest BCUT2D eigenvalue weighted by atomic mass is 79.9. The number of sulfonamides is 1. The van der Waals surface area contributed by atoms with Crippen molar-refractivity contribution in [2.45, 2.75) is 31.2 Å². The van der Waals surface area contributed by atoms with Crippen LogP contribution >= 0.6 is 15.9 Å². The van der Waals surface area contributed by atoms with E-state index in [9.17, 15) is 8.42 Å². The summed E-state index contributed by atoms with van der Waals surface area (Å²) in [6.45, 7) is 5.39. The molecule has 0 saturated carbocycles. The van der Waals surface area contributed by atoms with Gasteiger partial charge in [0.2, 0.25) is 10.0 Å². The summed E-state index contributed by atoms with van der Waals surface area (Å²) in [5, 5.41) is 0. The largest absolute Gasteiger partial charge is 0.355 e. The monoisotopic (exact) mass is 280 g/mol. The summed E-state index contributed by atoms with van der Waals surface area (Å²) in [7, 11) is -3.41. The van der Waals surface area contributed by atoms with Crippen LogP contribution in [0.1, 0.15) is 20.8 Å². The van der Waals surface area contributed by atoms with Crippen molar-refractivity contribution >= 4 is 26.0 Å². The Morgan fingerprint density at radius 3 is 2.36 bits per heavy atom. The van der Waals surface area contributed by atoms with Gasteiger partial charge in [-0.05, 0) is 42.8 Å². The molecule has 0 aliphatic rings. The number of rotatable bonds is 2. The van der Waals surface area contributed by atoms with Gasteiger partial charge in [0.1, 0.15) is 4.90 Å². The van der Waals surface area contributed by atoms with E-state index in [1.54, 1.807) is 20.8 Å². The van der Waals surface area contributed by atoms with Crippen LogP contribution in [0, 0.1) is 0 Å². The van der Waals surface area contributed by atoms with Crippen molar-refractivity contribution in [3.05, 3.63) is 16.9 Å². The first kappa shape index (κ1) is 11.7. The average Bonchev–Trinajstić information content (AvgIpc) is 2.29. The van der Waals surface area contributed by atoms with Crippen molar-refractivity contribution in [2.75, 3.05) is 0 Å². The van der Waals surface area contributed by atoms with Gasteiger partial charge in [-0.25, -0.2) is 13.1 Å². The number of nitrogens with one attached hydrogen (secondary N) is 2. The molecule has 80 valence electrons. The van der Waals surface area contributed by atoms with Crippen molar-refractivity contribution < 1.29 is 8.42 Å². The minimum Gasteiger partial charge on any atom is -0.355 e. The van der Waals surface area contributed by atoms with Crippen molar-refractivity contribution in [3.8, 4) is 0 Å². The van der Waals surface area contributed by atoms with Crippen LogP contribution in [0.15, 0.2) is 21.8 Å². The van der Waals surface area contributed by atoms with E-state index in [2.05, 4.69) is 25.6 Å². The maximum Gasteiger partial charge on any atom is 0.242 e. The van der Waals surface area contributed by atoms with Crippen LogP contribution in [-0.2, 0) is 10.0 Å². The first-order valence-electron chi connectivity index (χ1n) is 4.09. The number of halogens is 1. The average molecular weight is 281 g/mol. The molecule has 0 saturated heterocycles. The molecule has 0 atom stereocenters. The highest BCUT2D eigenvalue weighted by Gasteiger charge is 2.22. The van der Waals surface area contributed by atoms with Gasteiger partial charge in [0.15, 0.2) is 0 Å². The molecule has 0 aliphatic heterocycles. The predicted octanol–water partition coefficient (Wildman–Crippen LogP) is 1.85. The second kappa shape index (κ2) is 3.67. The summed E-state index contributed by atoms with van der Waals surface area (Å²) in [6.07, 6.45) is 1.44. The molecule has 1 aromatic heterocycles. The minimum absolute atomic E-state index is 0.235. The van der Waals surface area contributed by atoms with Crippen molar-refractivity contribution in [1.29, 1.82) is 0 Å². The fourth-order valence-corrected chi connectivity index (χ4v) is 2.89. The molecular weight excluding hydrogens is 268 g/mol. The first-order valence-corrected chi connectivity index (χ1v) is 6.36. The molecule has 4 nitrogen and oxygen atoms in total. The zero-order valence-electron chi connectivity index (χ0n) is 8.26. The van der Waals surface area contributed by atoms with E-state index >= 15 is 0 Å². The van der Waals surface area contributed by atoms with Gasteiger partial charge in [0.25, 0.3) is 0 Å². The number of hydrogen-bond acceptors (Lipinski definition) is 2. The lowest BCUT2D eigenvalue weighted by atomic mass is 10.1. The van der Waals surface area contributed by atoms with Gasteiger partial charge in [-0.15, -0.1) is 0 Å². The molecule has 14 heavy (non-hydrogen) atoms. The Labute approximate surface area is 92.3 Å². The van der Waals surface area contributed by atoms with Gasteiger partial charge in [0, 0.05) is 11.7 Å². The Kier molecular flexibility index (Phi) is 3.08. The van der Waals surface area contributed by atoms with Crippen LogP contribution in [0.3, 0.4) is 0 Å². The van der Waals surface area contributed by atoms with Gasteiger partial charge in [0.05, 0.1) is 4.60 Å². The topological polar surface area (TPSA) is 62.0 Å². The lowest BCUT2D eigenvalue weighted by Gasteiger charge is -2.19. The smallest absolute Gasteiger partial charge is 0.242 e. The van der Waals surface area contributed by atoms with Crippen LogP contribution in [0.5, 0.6) is 0 Å². The lowest BCUT2D eigenvalue weighted by Crippen LogP contribution is -2.40. The maximum absolute atomic E-state index is 11.7. The van der Waals surface area contributed by atoms with E-state index < -0.39 is 15.6 Å². The molecule has 1 heterocycles. The SMILES string of the molecule is CC(C)(C)NS(=O)(=O)c1c[nH]c(Br)c1. The fourth-order valence-electron chi connectivity index (χ4n) is 0.965. The second-order valence-electron chi connectivity index (χ2n) is 4.04. The van der Waals surface area contributed by atoms with Gasteiger partial charge < -0.3 is 4.98 Å². The van der Waals surface area contributed by atoms with Gasteiger partial charge in [-0.2, -0.15) is 0 Å². The van der Waals surface area contributed by atoms with Crippen molar-refractivity contribution in [1.82, 2.24) is 9.71 Å². The van der Waals surface area contributed by atoms with E-state index in [0.717, 1.165) is 0 Å². The van der Waals surface area contributed by atoms with E-state index in [0.29, 0.717) is 4.60 Å². The number of aromatic nitrogens is 1. The van der Waals surface area contributed by atoms with Gasteiger partial charge in [-0.3, -0.25) is 0 Å². The highest BCUT2D eigenvalue weighted by molar-refractivity contribution is 9.10. The zero-order chi connectivity index (χ0) is 11.0. The molecule has 0 bridgehead atoms. The highest BCUT2D eigenvalue weighted by Crippen LogP contribution is 2.16. The van der Waals surface area contributed by atoms with Crippen LogP contribution in [-0.4, -0.2) is 18.9 Å². The number of aromatic amines is 1. The molecule has 1 aromatic rings. The molecule has 0 unspecified atom stereocenters. The third kappa shape index (κ3) is 3.11. The maximum atomic E-state index is 11.7. The summed E-state index contributed by atoms with van der Waals surface area (Å²) < 4.78 is 26.6. The second-order valence-corrected chi connectivity index (χ2v) is 6.58. The zero-order valence-corrected chi connectivity index (χ0v) is 10.7. The fraction of sp³-hybridized carbons (Fsp3) is 0.500. The van der Waals surface area contributed by atoms with Gasteiger partial charge in [-0.1, -0.05) is 0 Å². The van der Waals surface area contributed by atoms with Crippen LogP contribution in [0.2, 0.25) is 0 Å². The standard InChI is InChI=1S/C8H13BrN2O2S/c1-8(2,3)11-14(12,13)6-4-7(9)10-5-6/h4-5,10-11H,1-3H3. The van der Waals surface area contributed by atoms with Crippen LogP contribution in [0.4, 0.5) is 0 Å². The Morgan fingerprint density at radius 2 is 2.00 bits per heavy atom. The number of hydrogen-bond donors (Lipinski definition) is 2. The molecule has 1 rings (SSSR count). The third-order valence-electron chi connectivity index (χ3n) is 1.37. The van der Waals surface area contributed by atoms with Crippen molar-refractivity contribution in [3.63, 3.8) is 0 Å². The molecule has 0 radical (unpaired) electrons. The first-order chi connectivity index (χ1) is 6.21. The molecule has 0 fully saturated rings.